The number of rotatable bonds is 6. The lowest BCUT2D eigenvalue weighted by Crippen LogP contribution is -2.50. The van der Waals surface area contributed by atoms with E-state index in [1.807, 2.05) is 68.1 Å². The molecule has 0 aliphatic carbocycles. The molecule has 0 bridgehead atoms. The monoisotopic (exact) mass is 486 g/mol. The van der Waals surface area contributed by atoms with Crippen molar-refractivity contribution in [1.29, 1.82) is 0 Å². The molecule has 36 heavy (non-hydrogen) atoms. The molecule has 4 amide bonds. The predicted octanol–water partition coefficient (Wildman–Crippen LogP) is 3.72. The number of urea groups is 1. The van der Waals surface area contributed by atoms with Crippen molar-refractivity contribution >= 4 is 17.8 Å². The van der Waals surface area contributed by atoms with Crippen molar-refractivity contribution in [3.05, 3.63) is 82.1 Å². The van der Waals surface area contributed by atoms with Crippen LogP contribution in [0.5, 0.6) is 0 Å². The molecule has 188 valence electrons. The van der Waals surface area contributed by atoms with E-state index in [1.54, 1.807) is 9.80 Å². The Labute approximate surface area is 212 Å². The van der Waals surface area contributed by atoms with E-state index in [0.717, 1.165) is 48.2 Å². The zero-order valence-corrected chi connectivity index (χ0v) is 21.3. The zero-order valence-electron chi connectivity index (χ0n) is 21.3. The Hall–Kier alpha value is -3.61. The number of nitrogens with zero attached hydrogens (tertiary/aromatic N) is 3. The van der Waals surface area contributed by atoms with E-state index < -0.39 is 12.1 Å². The van der Waals surface area contributed by atoms with Gasteiger partial charge in [0.05, 0.1) is 23.9 Å². The number of benzene rings is 2. The van der Waals surface area contributed by atoms with Gasteiger partial charge in [-0.3, -0.25) is 14.5 Å². The van der Waals surface area contributed by atoms with Crippen molar-refractivity contribution in [2.24, 2.45) is 0 Å². The van der Waals surface area contributed by atoms with Gasteiger partial charge in [-0.2, -0.15) is 0 Å². The summed E-state index contributed by atoms with van der Waals surface area (Å²) in [5.41, 5.74) is 5.37. The Morgan fingerprint density at radius 1 is 1.06 bits per heavy atom. The molecule has 3 heterocycles. The number of nitrogens with one attached hydrogen (secondary N) is 1. The Balaban J connectivity index is 1.54. The zero-order chi connectivity index (χ0) is 25.4. The maximum atomic E-state index is 14.1. The third-order valence-electron chi connectivity index (χ3n) is 7.65. The average Bonchev–Trinajstić information content (AvgIpc) is 3.51. The molecular formula is C29H34N4O3. The van der Waals surface area contributed by atoms with Crippen LogP contribution in [0.3, 0.4) is 0 Å². The molecule has 0 unspecified atom stereocenters. The van der Waals surface area contributed by atoms with Crippen LogP contribution in [0.1, 0.15) is 48.1 Å². The van der Waals surface area contributed by atoms with Crippen LogP contribution < -0.4 is 5.32 Å². The molecule has 1 N–H and O–H groups in total. The number of hydrogen-bond donors (Lipinski definition) is 1. The van der Waals surface area contributed by atoms with Crippen LogP contribution in [0.4, 0.5) is 4.79 Å². The van der Waals surface area contributed by atoms with Gasteiger partial charge in [0.25, 0.3) is 5.91 Å². The molecule has 1 saturated heterocycles. The quantitative estimate of drug-likeness (QED) is 0.677. The Morgan fingerprint density at radius 2 is 1.78 bits per heavy atom. The predicted molar refractivity (Wildman–Crippen MR) is 138 cm³/mol. The summed E-state index contributed by atoms with van der Waals surface area (Å²) in [7, 11) is 0. The Kier molecular flexibility index (Phi) is 6.56. The number of carbonyl (C=O) groups is 3. The summed E-state index contributed by atoms with van der Waals surface area (Å²) in [5, 5.41) is 3.08. The number of aryl methyl sites for hydroxylation is 2. The van der Waals surface area contributed by atoms with Crippen LogP contribution in [-0.4, -0.2) is 64.8 Å². The third-order valence-corrected chi connectivity index (χ3v) is 7.65. The molecule has 3 aliphatic rings. The van der Waals surface area contributed by atoms with Crippen molar-refractivity contribution in [1.82, 2.24) is 20.0 Å². The number of likely N-dealkylation sites (N-methyl/N-ethyl adjacent to an activating group) is 1. The lowest BCUT2D eigenvalue weighted by Gasteiger charge is -2.33. The summed E-state index contributed by atoms with van der Waals surface area (Å²) in [6.07, 6.45) is 2.43. The minimum atomic E-state index is -0.614. The minimum absolute atomic E-state index is 0.00468. The number of amides is 4. The van der Waals surface area contributed by atoms with Crippen LogP contribution in [0.2, 0.25) is 0 Å². The minimum Gasteiger partial charge on any atom is -0.341 e. The van der Waals surface area contributed by atoms with E-state index in [1.165, 1.54) is 0 Å². The summed E-state index contributed by atoms with van der Waals surface area (Å²) in [6, 6.07) is 14.6. The maximum Gasteiger partial charge on any atom is 0.322 e. The van der Waals surface area contributed by atoms with Gasteiger partial charge in [-0.05, 0) is 50.3 Å². The van der Waals surface area contributed by atoms with Crippen LogP contribution in [-0.2, 0) is 16.0 Å². The molecule has 0 saturated carbocycles. The fourth-order valence-corrected chi connectivity index (χ4v) is 5.80. The highest BCUT2D eigenvalue weighted by Crippen LogP contribution is 2.38. The lowest BCUT2D eigenvalue weighted by atomic mass is 9.91. The number of likely N-dealkylation sites (tertiary alicyclic amines) is 1. The van der Waals surface area contributed by atoms with E-state index in [4.69, 9.17) is 0 Å². The summed E-state index contributed by atoms with van der Waals surface area (Å²) in [6.45, 7) is 8.11. The van der Waals surface area contributed by atoms with Crippen molar-refractivity contribution in [3.8, 4) is 0 Å². The highest BCUT2D eigenvalue weighted by Gasteiger charge is 2.47. The summed E-state index contributed by atoms with van der Waals surface area (Å²) in [4.78, 5) is 46.3. The third kappa shape index (κ3) is 4.27. The molecular weight excluding hydrogens is 452 g/mol. The first-order chi connectivity index (χ1) is 17.4. The second kappa shape index (κ2) is 9.80. The molecule has 7 nitrogen and oxygen atoms in total. The highest BCUT2D eigenvalue weighted by molar-refractivity contribution is 6.03. The van der Waals surface area contributed by atoms with Gasteiger partial charge in [0.2, 0.25) is 5.91 Å². The van der Waals surface area contributed by atoms with Crippen LogP contribution in [0.25, 0.3) is 0 Å². The molecule has 5 rings (SSSR count). The molecule has 0 spiro atoms. The summed E-state index contributed by atoms with van der Waals surface area (Å²) >= 11 is 0. The van der Waals surface area contributed by atoms with Gasteiger partial charge in [0.15, 0.2) is 0 Å². The highest BCUT2D eigenvalue weighted by atomic mass is 16.2. The number of hydrogen-bond acceptors (Lipinski definition) is 3. The van der Waals surface area contributed by atoms with Gasteiger partial charge in [0.1, 0.15) is 6.04 Å². The van der Waals surface area contributed by atoms with Gasteiger partial charge < -0.3 is 15.1 Å². The van der Waals surface area contributed by atoms with Crippen LogP contribution in [0.15, 0.2) is 59.8 Å². The fourth-order valence-electron chi connectivity index (χ4n) is 5.80. The second-order valence-corrected chi connectivity index (χ2v) is 10.0. The fraction of sp³-hybridized carbons (Fsp3) is 0.414. The van der Waals surface area contributed by atoms with Gasteiger partial charge in [-0.15, -0.1) is 0 Å². The SMILES string of the molecule is CCN1C(=O)N[C@H](c2ccc(C)cc2C)C2=C1CN([C@@H](Cc1ccccc1)C(=O)N1CCCC1)C2=O. The van der Waals surface area contributed by atoms with Gasteiger partial charge in [-0.25, -0.2) is 4.79 Å². The van der Waals surface area contributed by atoms with Crippen LogP contribution in [0, 0.1) is 13.8 Å². The normalized spacial score (nSPS) is 20.6. The summed E-state index contributed by atoms with van der Waals surface area (Å²) < 4.78 is 0. The topological polar surface area (TPSA) is 73.0 Å². The molecule has 0 radical (unpaired) electrons. The van der Waals surface area contributed by atoms with E-state index >= 15 is 0 Å². The molecule has 3 aliphatic heterocycles. The van der Waals surface area contributed by atoms with Crippen molar-refractivity contribution < 1.29 is 14.4 Å². The molecule has 0 aromatic heterocycles. The van der Waals surface area contributed by atoms with E-state index in [0.29, 0.717) is 24.2 Å². The van der Waals surface area contributed by atoms with E-state index in [-0.39, 0.29) is 24.4 Å². The maximum absolute atomic E-state index is 14.1. The van der Waals surface area contributed by atoms with Crippen molar-refractivity contribution in [2.45, 2.75) is 52.1 Å². The van der Waals surface area contributed by atoms with Crippen LogP contribution >= 0.6 is 0 Å². The van der Waals surface area contributed by atoms with Crippen molar-refractivity contribution in [2.75, 3.05) is 26.2 Å². The molecule has 7 heteroatoms. The van der Waals surface area contributed by atoms with Gasteiger partial charge >= 0.3 is 6.03 Å². The van der Waals surface area contributed by atoms with Gasteiger partial charge in [-0.1, -0.05) is 54.1 Å². The molecule has 2 aromatic rings. The number of carbonyl (C=O) groups excluding carboxylic acids is 3. The summed E-state index contributed by atoms with van der Waals surface area (Å²) in [5.74, 6) is -0.170. The lowest BCUT2D eigenvalue weighted by molar-refractivity contribution is -0.142. The Morgan fingerprint density at radius 3 is 2.44 bits per heavy atom. The largest absolute Gasteiger partial charge is 0.341 e. The first-order valence-electron chi connectivity index (χ1n) is 12.9. The standard InChI is InChI=1S/C29H34N4O3/c1-4-32-24-18-33(23(17-21-10-6-5-7-11-21)27(34)31-14-8-9-15-31)28(35)25(24)26(30-29(32)36)22-13-12-19(2)16-20(22)3/h5-7,10-13,16,23,26H,4,8-9,14-15,17-18H2,1-3H3,(H,30,36)/t23-,26+/m0/s1. The van der Waals surface area contributed by atoms with Crippen molar-refractivity contribution in [3.63, 3.8) is 0 Å². The van der Waals surface area contributed by atoms with E-state index in [9.17, 15) is 14.4 Å². The van der Waals surface area contributed by atoms with Gasteiger partial charge in [0, 0.05) is 26.1 Å². The molecule has 1 fully saturated rings. The first-order valence-corrected chi connectivity index (χ1v) is 12.9. The first kappa shape index (κ1) is 24.1. The molecule has 2 aromatic carbocycles. The smallest absolute Gasteiger partial charge is 0.322 e. The van der Waals surface area contributed by atoms with E-state index in [2.05, 4.69) is 11.4 Å². The average molecular weight is 487 g/mol. The Bertz CT molecular complexity index is 1220. The molecule has 2 atom stereocenters. The second-order valence-electron chi connectivity index (χ2n) is 10.0.